The van der Waals surface area contributed by atoms with Gasteiger partial charge in [0.25, 0.3) is 5.91 Å². The molecule has 1 aromatic heterocycles. The number of rotatable bonds is 4. The van der Waals surface area contributed by atoms with Crippen LogP contribution in [-0.4, -0.2) is 28.4 Å². The molecule has 1 aliphatic carbocycles. The first-order valence-corrected chi connectivity index (χ1v) is 10.0. The lowest BCUT2D eigenvalue weighted by atomic mass is 9.87. The molecule has 7 nitrogen and oxygen atoms in total. The van der Waals surface area contributed by atoms with Crippen molar-refractivity contribution >= 4 is 17.6 Å². The van der Waals surface area contributed by atoms with Crippen LogP contribution in [0, 0.1) is 0 Å². The summed E-state index contributed by atoms with van der Waals surface area (Å²) in [7, 11) is 0. The highest BCUT2D eigenvalue weighted by Gasteiger charge is 2.34. The molecule has 28 heavy (non-hydrogen) atoms. The maximum atomic E-state index is 13.1. The summed E-state index contributed by atoms with van der Waals surface area (Å²) in [6.07, 6.45) is 9.66. The quantitative estimate of drug-likeness (QED) is 0.828. The molecule has 2 fully saturated rings. The lowest BCUT2D eigenvalue weighted by Crippen LogP contribution is -2.31. The zero-order valence-corrected chi connectivity index (χ0v) is 15.9. The molecule has 148 valence electrons. The number of hydrogen-bond donors (Lipinski definition) is 2. The van der Waals surface area contributed by atoms with E-state index in [-0.39, 0.29) is 11.9 Å². The SMILES string of the molecule is NC(=O)Nc1cccc(C(=O)N2CCCC2c2nc(C3CCCCC3)co2)c1. The molecule has 2 aliphatic rings. The molecule has 1 aliphatic heterocycles. The van der Waals surface area contributed by atoms with Crippen LogP contribution < -0.4 is 11.1 Å². The molecule has 3 amide bonds. The van der Waals surface area contributed by atoms with E-state index in [0.29, 0.717) is 29.6 Å². The molecule has 1 saturated carbocycles. The Morgan fingerprint density at radius 2 is 1.96 bits per heavy atom. The Morgan fingerprint density at radius 3 is 2.75 bits per heavy atom. The van der Waals surface area contributed by atoms with E-state index in [1.165, 1.54) is 32.1 Å². The molecule has 1 unspecified atom stereocenters. The van der Waals surface area contributed by atoms with Gasteiger partial charge in [-0.25, -0.2) is 9.78 Å². The zero-order valence-electron chi connectivity index (χ0n) is 15.9. The Balaban J connectivity index is 1.51. The number of hydrogen-bond acceptors (Lipinski definition) is 4. The summed E-state index contributed by atoms with van der Waals surface area (Å²) in [5.74, 6) is 1.03. The van der Waals surface area contributed by atoms with Crippen LogP contribution in [0.3, 0.4) is 0 Å². The Labute approximate surface area is 164 Å². The minimum absolute atomic E-state index is 0.0898. The van der Waals surface area contributed by atoms with Gasteiger partial charge in [0.15, 0.2) is 0 Å². The van der Waals surface area contributed by atoms with Gasteiger partial charge >= 0.3 is 6.03 Å². The number of carbonyl (C=O) groups excluding carboxylic acids is 2. The predicted molar refractivity (Wildman–Crippen MR) is 105 cm³/mol. The average molecular weight is 382 g/mol. The standard InChI is InChI=1S/C21H26N4O3/c22-21(27)23-16-9-4-8-15(12-16)20(26)25-11-5-10-18(25)19-24-17(13-28-19)14-6-2-1-3-7-14/h4,8-9,12-14,18H,1-3,5-7,10-11H2,(H3,22,23,27). The molecule has 2 aromatic rings. The van der Waals surface area contributed by atoms with E-state index in [9.17, 15) is 9.59 Å². The number of anilines is 1. The zero-order chi connectivity index (χ0) is 19.5. The number of urea groups is 1. The monoisotopic (exact) mass is 382 g/mol. The lowest BCUT2D eigenvalue weighted by Gasteiger charge is -2.23. The third-order valence-corrected chi connectivity index (χ3v) is 5.74. The number of benzene rings is 1. The number of aromatic nitrogens is 1. The van der Waals surface area contributed by atoms with E-state index in [2.05, 4.69) is 5.32 Å². The Morgan fingerprint density at radius 1 is 1.14 bits per heavy atom. The fourth-order valence-corrected chi connectivity index (χ4v) is 4.34. The van der Waals surface area contributed by atoms with Gasteiger partial charge in [-0.05, 0) is 43.9 Å². The van der Waals surface area contributed by atoms with E-state index in [1.807, 2.05) is 4.90 Å². The Kier molecular flexibility index (Phi) is 5.32. The summed E-state index contributed by atoms with van der Waals surface area (Å²) in [6.45, 7) is 0.665. The van der Waals surface area contributed by atoms with Gasteiger partial charge in [-0.3, -0.25) is 4.79 Å². The van der Waals surface area contributed by atoms with E-state index in [1.54, 1.807) is 30.5 Å². The first-order valence-electron chi connectivity index (χ1n) is 10.0. The first kappa shape index (κ1) is 18.5. The van der Waals surface area contributed by atoms with Crippen LogP contribution in [0.4, 0.5) is 10.5 Å². The third-order valence-electron chi connectivity index (χ3n) is 5.74. The maximum Gasteiger partial charge on any atom is 0.316 e. The molecule has 2 heterocycles. The van der Waals surface area contributed by atoms with Crippen molar-refractivity contribution in [2.45, 2.75) is 56.9 Å². The van der Waals surface area contributed by atoms with E-state index in [0.717, 1.165) is 18.5 Å². The first-order chi connectivity index (χ1) is 13.6. The smallest absolute Gasteiger partial charge is 0.316 e. The second-order valence-electron chi connectivity index (χ2n) is 7.67. The molecular formula is C21H26N4O3. The second-order valence-corrected chi connectivity index (χ2v) is 7.67. The van der Waals surface area contributed by atoms with Crippen molar-refractivity contribution in [3.05, 3.63) is 47.7 Å². The highest BCUT2D eigenvalue weighted by atomic mass is 16.3. The number of oxazole rings is 1. The number of amides is 3. The van der Waals surface area contributed by atoms with Crippen LogP contribution in [-0.2, 0) is 0 Å². The highest BCUT2D eigenvalue weighted by Crippen LogP contribution is 2.36. The number of primary amides is 1. The molecular weight excluding hydrogens is 356 g/mol. The van der Waals surface area contributed by atoms with Gasteiger partial charge in [-0.15, -0.1) is 0 Å². The molecule has 0 bridgehead atoms. The minimum Gasteiger partial charge on any atom is -0.446 e. The fourth-order valence-electron chi connectivity index (χ4n) is 4.34. The molecule has 0 spiro atoms. The largest absolute Gasteiger partial charge is 0.446 e. The fraction of sp³-hybridized carbons (Fsp3) is 0.476. The van der Waals surface area contributed by atoms with Crippen molar-refractivity contribution in [1.82, 2.24) is 9.88 Å². The highest BCUT2D eigenvalue weighted by molar-refractivity contribution is 5.97. The van der Waals surface area contributed by atoms with Crippen molar-refractivity contribution in [3.8, 4) is 0 Å². The van der Waals surface area contributed by atoms with Gasteiger partial charge in [0.05, 0.1) is 5.69 Å². The summed E-state index contributed by atoms with van der Waals surface area (Å²) >= 11 is 0. The van der Waals surface area contributed by atoms with Gasteiger partial charge in [-0.1, -0.05) is 25.3 Å². The van der Waals surface area contributed by atoms with Gasteiger partial charge < -0.3 is 20.4 Å². The molecule has 1 atom stereocenters. The minimum atomic E-state index is -0.654. The van der Waals surface area contributed by atoms with Crippen molar-refractivity contribution in [2.75, 3.05) is 11.9 Å². The average Bonchev–Trinajstić information content (AvgIpc) is 3.37. The molecule has 3 N–H and O–H groups in total. The molecule has 4 rings (SSSR count). The number of nitrogens with two attached hydrogens (primary N) is 1. The lowest BCUT2D eigenvalue weighted by molar-refractivity contribution is 0.0715. The van der Waals surface area contributed by atoms with Crippen molar-refractivity contribution in [1.29, 1.82) is 0 Å². The van der Waals surface area contributed by atoms with Crippen LogP contribution in [0.25, 0.3) is 0 Å². The topological polar surface area (TPSA) is 101 Å². The summed E-state index contributed by atoms with van der Waals surface area (Å²) in [5, 5.41) is 2.51. The number of likely N-dealkylation sites (tertiary alicyclic amines) is 1. The van der Waals surface area contributed by atoms with Gasteiger partial charge in [0.1, 0.15) is 12.3 Å². The Bertz CT molecular complexity index is 857. The number of carbonyl (C=O) groups is 2. The van der Waals surface area contributed by atoms with Gasteiger partial charge in [0, 0.05) is 23.7 Å². The van der Waals surface area contributed by atoms with Gasteiger partial charge in [-0.2, -0.15) is 0 Å². The van der Waals surface area contributed by atoms with Crippen LogP contribution in [0.1, 0.15) is 78.8 Å². The van der Waals surface area contributed by atoms with Crippen molar-refractivity contribution < 1.29 is 14.0 Å². The maximum absolute atomic E-state index is 13.1. The molecule has 1 aromatic carbocycles. The van der Waals surface area contributed by atoms with Gasteiger partial charge in [0.2, 0.25) is 5.89 Å². The summed E-state index contributed by atoms with van der Waals surface area (Å²) in [6, 6.07) is 6.03. The second kappa shape index (κ2) is 8.04. The van der Waals surface area contributed by atoms with E-state index >= 15 is 0 Å². The van der Waals surface area contributed by atoms with E-state index < -0.39 is 6.03 Å². The third kappa shape index (κ3) is 3.88. The summed E-state index contributed by atoms with van der Waals surface area (Å²) in [4.78, 5) is 30.7. The summed E-state index contributed by atoms with van der Waals surface area (Å²) < 4.78 is 5.82. The number of nitrogens with one attached hydrogen (secondary N) is 1. The van der Waals surface area contributed by atoms with Crippen LogP contribution >= 0.6 is 0 Å². The predicted octanol–water partition coefficient (Wildman–Crippen LogP) is 4.19. The van der Waals surface area contributed by atoms with Crippen molar-refractivity contribution in [2.24, 2.45) is 5.73 Å². The number of nitrogens with zero attached hydrogens (tertiary/aromatic N) is 2. The summed E-state index contributed by atoms with van der Waals surface area (Å²) in [5.41, 5.74) is 7.21. The Hall–Kier alpha value is -2.83. The molecule has 7 heteroatoms. The van der Waals surface area contributed by atoms with Crippen molar-refractivity contribution in [3.63, 3.8) is 0 Å². The molecule has 1 saturated heterocycles. The van der Waals surface area contributed by atoms with Crippen LogP contribution in [0.15, 0.2) is 34.9 Å². The van der Waals surface area contributed by atoms with Crippen LogP contribution in [0.5, 0.6) is 0 Å². The molecule has 0 radical (unpaired) electrons. The normalized spacial score (nSPS) is 20.3. The van der Waals surface area contributed by atoms with E-state index in [4.69, 9.17) is 15.1 Å². The van der Waals surface area contributed by atoms with Crippen LogP contribution in [0.2, 0.25) is 0 Å².